The second-order valence-corrected chi connectivity index (χ2v) is 33.8. The van der Waals surface area contributed by atoms with Gasteiger partial charge in [-0.05, 0) is 149 Å². The highest BCUT2D eigenvalue weighted by Gasteiger charge is 2.49. The normalized spacial score (nSPS) is 25.6. The Kier molecular flexibility index (Phi) is 24.3. The van der Waals surface area contributed by atoms with E-state index in [0.29, 0.717) is 141 Å². The van der Waals surface area contributed by atoms with Crippen molar-refractivity contribution in [3.8, 4) is 51.4 Å². The molecular weight excluding hydrogens is 1630 g/mol. The largest absolute Gasteiger partial charge is 0.494 e. The fourth-order valence-electron chi connectivity index (χ4n) is 19.0. The van der Waals surface area contributed by atoms with Crippen molar-refractivity contribution >= 4 is 55.7 Å². The topological polar surface area (TPSA) is 385 Å². The van der Waals surface area contributed by atoms with E-state index in [1.807, 2.05) is 126 Å². The first-order valence-corrected chi connectivity index (χ1v) is 42.8. The molecule has 0 spiro atoms. The summed E-state index contributed by atoms with van der Waals surface area (Å²) in [6.45, 7) is 16.0. The highest BCUT2D eigenvalue weighted by Crippen LogP contribution is 2.46. The SMILES string of the molecule is COc1cc(O[C@H]2C[C@@H](n3ccc4c(C)ccnc43)[C@H](O)[C@@H]2O)c2c(c1F)CCNC2.Cc1ccnc2c1ccn2[C@@H]1C[C@H](Oc2cc(Cl)cc3c2CNCCO3)[C@@H](O)[C@H]1O.Cc1ccnc2c1ccn2[C@@H]1C[C@H](Oc2cc(F)cc3c2CNCCO3)[C@@H](O)[C@H]1O.Cc1nc(C)c2ccn([C@@H]3C[C@H](Oc4cc(-c5cnoc5)cc5c4CNCC5)[C@@H](O)[C@H]3O)c2n1. The van der Waals surface area contributed by atoms with Crippen LogP contribution in [0.2, 0.25) is 5.02 Å². The summed E-state index contributed by atoms with van der Waals surface area (Å²) in [7, 11) is 1.42. The van der Waals surface area contributed by atoms with Gasteiger partial charge in [-0.3, -0.25) is 0 Å². The monoisotopic (exact) mass is 1730 g/mol. The molecular formula is C92H101ClF2N14O16. The van der Waals surface area contributed by atoms with Gasteiger partial charge in [-0.1, -0.05) is 22.8 Å². The maximum Gasteiger partial charge on any atom is 0.168 e. The maximum absolute atomic E-state index is 14.7. The van der Waals surface area contributed by atoms with Crippen LogP contribution >= 0.6 is 11.6 Å². The van der Waals surface area contributed by atoms with Gasteiger partial charge in [0, 0.05) is 175 Å². The van der Waals surface area contributed by atoms with E-state index < -0.39 is 85.1 Å². The Morgan fingerprint density at radius 3 is 1.35 bits per heavy atom. The molecule has 8 aliphatic rings. The average molecular weight is 1730 g/mol. The standard InChI is InChI=1S/C25H27N5O4.C23H26FN3O4.C22H24ClN3O4.C22H24FN3O4/c1-13-18-4-6-30(25(18)29-14(2)28-13)20-9-22(24(32)23(20)31)34-21-8-16(17-10-27-33-12-17)7-15-3-5-26-11-19(15)21;1-12-3-7-26-23-13(12)5-8-27(23)16-9-19(22(29)21(16)28)31-17-10-18(30-2)20(24)14-4-6-25-11-15(14)17;2*1-12-2-4-25-22-14(12)3-6-26(22)16-10-19(21(28)20(16)27)30-18-9-13(23)8-17-15(18)11-24-5-7-29-17/h4,6-8,10,12,20,22-24,26,31-32H,3,5,9,11H2,1-2H3;3,5,7-8,10,16,19,21-22,25,28-29H,4,6,9,11H2,1-2H3;2*2-4,6,8-9,16,19-21,24,27-28H,5,7,10-11H2,1H3/t20-,22+,23+,24-;16-,19+,21+,22-;2*16-,19+,20+,21-/m1111/s1. The molecule has 656 valence electrons. The Bertz CT molecular complexity index is 5940. The predicted octanol–water partition coefficient (Wildman–Crippen LogP) is 9.39. The number of methoxy groups -OCH3 is 1. The number of nitrogens with zero attached hydrogens (tertiary/aromatic N) is 10. The van der Waals surface area contributed by atoms with Crippen LogP contribution in [0.4, 0.5) is 8.78 Å². The third kappa shape index (κ3) is 16.6. The smallest absolute Gasteiger partial charge is 0.168 e. The van der Waals surface area contributed by atoms with Gasteiger partial charge < -0.3 is 118 Å². The second kappa shape index (κ2) is 35.8. The Balaban J connectivity index is 0.000000113. The number of pyridine rings is 3. The van der Waals surface area contributed by atoms with Gasteiger partial charge in [0.1, 0.15) is 161 Å². The van der Waals surface area contributed by atoms with Crippen LogP contribution in [0, 0.1) is 46.3 Å². The highest BCUT2D eigenvalue weighted by atomic mass is 35.5. The van der Waals surface area contributed by atoms with Crippen LogP contribution in [0.15, 0.2) is 145 Å². The number of aryl methyl sites for hydroxylation is 5. The number of aromatic nitrogens is 10. The molecule has 4 saturated carbocycles. The fraction of sp³-hybridized carbons (Fsp3) is 0.413. The van der Waals surface area contributed by atoms with Crippen molar-refractivity contribution in [2.24, 2.45) is 0 Å². The molecule has 33 heteroatoms. The number of hydrogen-bond donors (Lipinski definition) is 12. The second-order valence-electron chi connectivity index (χ2n) is 33.4. The number of fused-ring (bicyclic) bond motifs is 8. The molecule has 13 aromatic rings. The molecule has 9 aromatic heterocycles. The molecule has 16 atom stereocenters. The zero-order valence-corrected chi connectivity index (χ0v) is 70.5. The first kappa shape index (κ1) is 84.9. The van der Waals surface area contributed by atoms with Crippen molar-refractivity contribution in [3.63, 3.8) is 0 Å². The Hall–Kier alpha value is -11.0. The molecule has 0 bridgehead atoms. The van der Waals surface area contributed by atoms with Crippen molar-refractivity contribution in [1.29, 1.82) is 0 Å². The van der Waals surface area contributed by atoms with E-state index in [1.165, 1.54) is 30.9 Å². The van der Waals surface area contributed by atoms with E-state index in [4.69, 9.17) is 49.3 Å². The van der Waals surface area contributed by atoms with Crippen molar-refractivity contribution in [1.82, 2.24) is 69.6 Å². The summed E-state index contributed by atoms with van der Waals surface area (Å²) in [5, 5.41) is 108. The number of rotatable bonds is 14. The summed E-state index contributed by atoms with van der Waals surface area (Å²) < 4.78 is 83.0. The number of benzene rings is 4. The van der Waals surface area contributed by atoms with Crippen molar-refractivity contribution < 1.29 is 87.3 Å². The van der Waals surface area contributed by atoms with Gasteiger partial charge in [0.2, 0.25) is 0 Å². The summed E-state index contributed by atoms with van der Waals surface area (Å²) in [5.41, 5.74) is 14.3. The van der Waals surface area contributed by atoms with E-state index in [1.54, 1.807) is 43.2 Å². The molecule has 13 heterocycles. The van der Waals surface area contributed by atoms with Gasteiger partial charge in [-0.25, -0.2) is 33.7 Å². The minimum absolute atomic E-state index is 0.122. The van der Waals surface area contributed by atoms with E-state index in [-0.39, 0.29) is 29.7 Å². The third-order valence-electron chi connectivity index (χ3n) is 25.7. The van der Waals surface area contributed by atoms with E-state index in [0.717, 1.165) is 114 Å². The lowest BCUT2D eigenvalue weighted by Crippen LogP contribution is -2.35. The molecule has 21 rings (SSSR count). The first-order chi connectivity index (χ1) is 60.5. The fourth-order valence-corrected chi connectivity index (χ4v) is 19.2. The molecule has 4 aliphatic heterocycles. The molecule has 0 amide bonds. The Morgan fingerprint density at radius 2 is 0.864 bits per heavy atom. The number of ether oxygens (including phenoxy) is 7. The van der Waals surface area contributed by atoms with E-state index in [9.17, 15) is 49.6 Å². The quantitative estimate of drug-likeness (QED) is 0.0482. The van der Waals surface area contributed by atoms with E-state index >= 15 is 0 Å². The van der Waals surface area contributed by atoms with Crippen LogP contribution in [-0.4, -0.2) is 209 Å². The summed E-state index contributed by atoms with van der Waals surface area (Å²) >= 11 is 6.27. The van der Waals surface area contributed by atoms with Gasteiger partial charge >= 0.3 is 0 Å². The molecule has 30 nitrogen and oxygen atoms in total. The zero-order valence-electron chi connectivity index (χ0n) is 69.8. The number of aliphatic hydroxyl groups excluding tert-OH is 8. The van der Waals surface area contributed by atoms with Gasteiger partial charge in [0.05, 0.1) is 54.3 Å². The predicted molar refractivity (Wildman–Crippen MR) is 459 cm³/mol. The first-order valence-electron chi connectivity index (χ1n) is 42.4. The van der Waals surface area contributed by atoms with Crippen LogP contribution in [0.25, 0.3) is 55.3 Å². The molecule has 0 saturated heterocycles. The van der Waals surface area contributed by atoms with Gasteiger partial charge in [0.15, 0.2) is 11.6 Å². The minimum Gasteiger partial charge on any atom is -0.494 e. The van der Waals surface area contributed by atoms with Crippen LogP contribution in [-0.2, 0) is 39.0 Å². The summed E-state index contributed by atoms with van der Waals surface area (Å²) in [6, 6.07) is 24.0. The minimum atomic E-state index is -1.11. The zero-order chi connectivity index (χ0) is 86.7. The van der Waals surface area contributed by atoms with Crippen molar-refractivity contribution in [3.05, 3.63) is 219 Å². The van der Waals surface area contributed by atoms with Crippen LogP contribution in [0.3, 0.4) is 0 Å². The molecule has 0 radical (unpaired) electrons. The van der Waals surface area contributed by atoms with Crippen LogP contribution in [0.1, 0.15) is 111 Å². The summed E-state index contributed by atoms with van der Waals surface area (Å²) in [4.78, 5) is 22.4. The van der Waals surface area contributed by atoms with Gasteiger partial charge in [0.25, 0.3) is 0 Å². The van der Waals surface area contributed by atoms with Crippen LogP contribution in [0.5, 0.6) is 40.2 Å². The average Bonchev–Trinajstić information content (AvgIpc) is 1.66. The van der Waals surface area contributed by atoms with Crippen LogP contribution < -0.4 is 54.4 Å². The summed E-state index contributed by atoms with van der Waals surface area (Å²) in [6.07, 6.45) is 8.42. The molecule has 12 N–H and O–H groups in total. The van der Waals surface area contributed by atoms with E-state index in [2.05, 4.69) is 57.4 Å². The number of hydrogen-bond acceptors (Lipinski definition) is 26. The maximum atomic E-state index is 14.7. The third-order valence-corrected chi connectivity index (χ3v) is 25.9. The van der Waals surface area contributed by atoms with Crippen molar-refractivity contribution in [2.75, 3.05) is 46.5 Å². The lowest BCUT2D eigenvalue weighted by molar-refractivity contribution is -0.0167. The number of halogens is 3. The number of nitrogens with one attached hydrogen (secondary N) is 4. The Labute approximate surface area is 722 Å². The van der Waals surface area contributed by atoms with Crippen molar-refractivity contribution in [2.45, 2.75) is 197 Å². The highest BCUT2D eigenvalue weighted by molar-refractivity contribution is 6.31. The number of aliphatic hydroxyl groups is 8. The molecule has 4 aromatic carbocycles. The van der Waals surface area contributed by atoms with Gasteiger partial charge in [-0.2, -0.15) is 0 Å². The lowest BCUT2D eigenvalue weighted by atomic mass is 9.95. The summed E-state index contributed by atoms with van der Waals surface area (Å²) in [5.74, 6) is 3.17. The molecule has 0 unspecified atom stereocenters. The molecule has 4 aliphatic carbocycles. The van der Waals surface area contributed by atoms with Gasteiger partial charge in [-0.15, -0.1) is 0 Å². The molecule has 125 heavy (non-hydrogen) atoms. The Morgan fingerprint density at radius 1 is 0.432 bits per heavy atom. The molecule has 4 fully saturated rings. The lowest BCUT2D eigenvalue weighted by Gasteiger charge is -2.25.